The van der Waals surface area contributed by atoms with Gasteiger partial charge < -0.3 is 9.32 Å². The van der Waals surface area contributed by atoms with Crippen molar-refractivity contribution in [1.29, 1.82) is 5.26 Å². The van der Waals surface area contributed by atoms with Gasteiger partial charge in [-0.05, 0) is 0 Å². The molecule has 0 spiro atoms. The topological polar surface area (TPSA) is 53.1 Å². The van der Waals surface area contributed by atoms with Crippen LogP contribution in [0, 0.1) is 29.6 Å². The van der Waals surface area contributed by atoms with Gasteiger partial charge in [-0.3, -0.25) is 0 Å². The average Bonchev–Trinajstić information content (AvgIpc) is 2.69. The first-order valence-corrected chi connectivity index (χ1v) is 4.56. The fourth-order valence-electron chi connectivity index (χ4n) is 1.50. The quantitative estimate of drug-likeness (QED) is 0.530. The van der Waals surface area contributed by atoms with Gasteiger partial charge in [-0.25, -0.2) is 4.98 Å². The van der Waals surface area contributed by atoms with Gasteiger partial charge in [0.2, 0.25) is 0 Å². The number of hydrogen-bond acceptors (Lipinski definition) is 4. The smallest absolute Gasteiger partial charge is 0.297 e. The lowest BCUT2D eigenvalue weighted by molar-refractivity contribution is 0.431. The maximum Gasteiger partial charge on any atom is 0.297 e. The van der Waals surface area contributed by atoms with Crippen molar-refractivity contribution < 1.29 is 4.42 Å². The van der Waals surface area contributed by atoms with Gasteiger partial charge in [-0.15, -0.1) is 6.42 Å². The van der Waals surface area contributed by atoms with E-state index < -0.39 is 0 Å². The van der Waals surface area contributed by atoms with E-state index in [1.165, 1.54) is 0 Å². The third kappa shape index (κ3) is 1.84. The maximum atomic E-state index is 8.64. The molecule has 0 N–H and O–H groups in total. The molecule has 0 saturated carbocycles. The summed E-state index contributed by atoms with van der Waals surface area (Å²) in [5, 5.41) is 8.64. The number of aromatic nitrogens is 1. The van der Waals surface area contributed by atoms with Crippen LogP contribution in [0.2, 0.25) is 0 Å². The van der Waals surface area contributed by atoms with Gasteiger partial charge in [0.15, 0.2) is 0 Å². The Morgan fingerprint density at radius 2 is 2.53 bits per heavy atom. The van der Waals surface area contributed by atoms with E-state index in [1.54, 1.807) is 12.5 Å². The summed E-state index contributed by atoms with van der Waals surface area (Å²) in [7, 11) is 0. The summed E-state index contributed by atoms with van der Waals surface area (Å²) in [6.07, 6.45) is 10.1. The molecule has 1 aliphatic rings. The van der Waals surface area contributed by atoms with E-state index in [0.717, 1.165) is 13.1 Å². The lowest BCUT2D eigenvalue weighted by atomic mass is 9.98. The number of nitriles is 1. The van der Waals surface area contributed by atoms with Crippen molar-refractivity contribution in [2.24, 2.45) is 5.92 Å². The largest absolute Gasteiger partial charge is 0.432 e. The van der Waals surface area contributed by atoms with E-state index in [0.29, 0.717) is 17.5 Å². The third-order valence-corrected chi connectivity index (χ3v) is 2.28. The zero-order chi connectivity index (χ0) is 10.7. The van der Waals surface area contributed by atoms with Crippen molar-refractivity contribution in [2.45, 2.75) is 0 Å². The number of oxazole rings is 1. The minimum absolute atomic E-state index is 0.322. The van der Waals surface area contributed by atoms with Crippen LogP contribution in [0.1, 0.15) is 0 Å². The van der Waals surface area contributed by atoms with Crippen LogP contribution in [0.3, 0.4) is 0 Å². The number of allylic oxidation sites excluding steroid dienone is 1. The van der Waals surface area contributed by atoms with Crippen LogP contribution in [0.15, 0.2) is 28.5 Å². The Morgan fingerprint density at radius 1 is 1.73 bits per heavy atom. The van der Waals surface area contributed by atoms with Crippen LogP contribution in [-0.2, 0) is 0 Å². The highest BCUT2D eigenvalue weighted by atomic mass is 16.4. The summed E-state index contributed by atoms with van der Waals surface area (Å²) in [4.78, 5) is 6.02. The predicted molar refractivity (Wildman–Crippen MR) is 54.7 cm³/mol. The molecule has 4 nitrogen and oxygen atoms in total. The molecule has 0 aromatic carbocycles. The van der Waals surface area contributed by atoms with E-state index in [1.807, 2.05) is 17.0 Å². The lowest BCUT2D eigenvalue weighted by Gasteiger charge is -2.36. The molecule has 0 radical (unpaired) electrons. The van der Waals surface area contributed by atoms with Gasteiger partial charge >= 0.3 is 0 Å². The molecule has 1 aromatic heterocycles. The Hall–Kier alpha value is -2.20. The molecule has 0 atom stereocenters. The second-order valence-corrected chi connectivity index (χ2v) is 3.32. The van der Waals surface area contributed by atoms with Gasteiger partial charge in [0, 0.05) is 19.0 Å². The van der Waals surface area contributed by atoms with Crippen molar-refractivity contribution in [1.82, 2.24) is 4.98 Å². The standard InChI is InChI=1S/C11H9N3O/c1-2-9(6-12)5-10-7-14(8-10)11-13-3-4-15-11/h1,3-5,10H,7-8H2/b9-5-. The number of anilines is 1. The summed E-state index contributed by atoms with van der Waals surface area (Å²) >= 11 is 0. The summed E-state index contributed by atoms with van der Waals surface area (Å²) < 4.78 is 5.13. The van der Waals surface area contributed by atoms with Crippen molar-refractivity contribution in [3.63, 3.8) is 0 Å². The van der Waals surface area contributed by atoms with Crippen LogP contribution in [0.5, 0.6) is 0 Å². The molecular formula is C11H9N3O. The minimum atomic E-state index is 0.322. The predicted octanol–water partition coefficient (Wildman–Crippen LogP) is 1.19. The summed E-state index contributed by atoms with van der Waals surface area (Å²) in [5.74, 6) is 2.66. The SMILES string of the molecule is C#C/C(C#N)=C/C1CN(c2ncco2)C1. The van der Waals surface area contributed by atoms with Crippen molar-refractivity contribution in [3.05, 3.63) is 24.1 Å². The number of nitrogens with zero attached hydrogens (tertiary/aromatic N) is 3. The van der Waals surface area contributed by atoms with Crippen molar-refractivity contribution in [3.8, 4) is 18.4 Å². The zero-order valence-corrected chi connectivity index (χ0v) is 8.05. The zero-order valence-electron chi connectivity index (χ0n) is 8.05. The average molecular weight is 199 g/mol. The maximum absolute atomic E-state index is 8.64. The van der Waals surface area contributed by atoms with Crippen LogP contribution < -0.4 is 4.90 Å². The Kier molecular flexibility index (Phi) is 2.43. The molecule has 15 heavy (non-hydrogen) atoms. The molecule has 0 bridgehead atoms. The first-order chi connectivity index (χ1) is 7.33. The van der Waals surface area contributed by atoms with E-state index in [9.17, 15) is 0 Å². The molecule has 1 fully saturated rings. The normalized spacial score (nSPS) is 16.7. The highest BCUT2D eigenvalue weighted by Gasteiger charge is 2.28. The first-order valence-electron chi connectivity index (χ1n) is 4.56. The molecule has 74 valence electrons. The molecule has 0 unspecified atom stereocenters. The number of terminal acetylenes is 1. The fourth-order valence-corrected chi connectivity index (χ4v) is 1.50. The molecular weight excluding hydrogens is 190 g/mol. The first kappa shape index (κ1) is 9.36. The van der Waals surface area contributed by atoms with Gasteiger partial charge in [0.1, 0.15) is 12.3 Å². The Balaban J connectivity index is 1.93. The summed E-state index contributed by atoms with van der Waals surface area (Å²) in [6, 6.07) is 2.59. The molecule has 0 amide bonds. The van der Waals surface area contributed by atoms with Gasteiger partial charge in [0.05, 0.1) is 11.8 Å². The molecule has 2 rings (SSSR count). The Bertz CT molecular complexity index is 425. The molecule has 4 heteroatoms. The van der Waals surface area contributed by atoms with Gasteiger partial charge in [0.25, 0.3) is 6.01 Å². The van der Waals surface area contributed by atoms with E-state index in [-0.39, 0.29) is 0 Å². The monoisotopic (exact) mass is 199 g/mol. The summed E-state index contributed by atoms with van der Waals surface area (Å²) in [5.41, 5.74) is 0.395. The molecule has 1 saturated heterocycles. The van der Waals surface area contributed by atoms with Gasteiger partial charge in [-0.1, -0.05) is 12.0 Å². The van der Waals surface area contributed by atoms with Crippen LogP contribution in [0.4, 0.5) is 6.01 Å². The van der Waals surface area contributed by atoms with Crippen molar-refractivity contribution in [2.75, 3.05) is 18.0 Å². The number of hydrogen-bond donors (Lipinski definition) is 0. The Labute approximate surface area is 87.8 Å². The molecule has 2 heterocycles. The third-order valence-electron chi connectivity index (χ3n) is 2.28. The highest BCUT2D eigenvalue weighted by molar-refractivity contribution is 5.41. The van der Waals surface area contributed by atoms with Crippen LogP contribution in [0.25, 0.3) is 0 Å². The minimum Gasteiger partial charge on any atom is -0.432 e. The second-order valence-electron chi connectivity index (χ2n) is 3.32. The number of rotatable bonds is 2. The van der Waals surface area contributed by atoms with Crippen LogP contribution >= 0.6 is 0 Å². The van der Waals surface area contributed by atoms with E-state index >= 15 is 0 Å². The second kappa shape index (κ2) is 3.89. The van der Waals surface area contributed by atoms with E-state index in [2.05, 4.69) is 10.9 Å². The summed E-state index contributed by atoms with van der Waals surface area (Å²) in [6.45, 7) is 1.60. The fraction of sp³-hybridized carbons (Fsp3) is 0.273. The lowest BCUT2D eigenvalue weighted by Crippen LogP contribution is -2.46. The molecule has 1 aliphatic heterocycles. The molecule has 0 aliphatic carbocycles. The van der Waals surface area contributed by atoms with Gasteiger partial charge in [-0.2, -0.15) is 5.26 Å². The highest BCUT2D eigenvalue weighted by Crippen LogP contribution is 2.24. The van der Waals surface area contributed by atoms with Crippen molar-refractivity contribution >= 4 is 6.01 Å². The molecule has 1 aromatic rings. The van der Waals surface area contributed by atoms with E-state index in [4.69, 9.17) is 16.1 Å². The Morgan fingerprint density at radius 3 is 3.07 bits per heavy atom. The van der Waals surface area contributed by atoms with Crippen LogP contribution in [-0.4, -0.2) is 18.1 Å².